The second kappa shape index (κ2) is 7.48. The van der Waals surface area contributed by atoms with Crippen molar-refractivity contribution in [3.05, 3.63) is 90.6 Å². The molecule has 0 spiro atoms. The Balaban J connectivity index is 1.29. The molecule has 30 heavy (non-hydrogen) atoms. The Kier molecular flexibility index (Phi) is 4.65. The predicted octanol–water partition coefficient (Wildman–Crippen LogP) is 5.10. The largest absolute Gasteiger partial charge is 0.456 e. The number of nitrogens with one attached hydrogen (secondary N) is 2. The number of H-pyrrole nitrogens is 1. The molecule has 2 N–H and O–H groups in total. The van der Waals surface area contributed by atoms with Crippen molar-refractivity contribution in [1.82, 2.24) is 9.71 Å². The summed E-state index contributed by atoms with van der Waals surface area (Å²) in [5.74, 6) is 0.715. The first-order chi connectivity index (χ1) is 14.6. The van der Waals surface area contributed by atoms with Gasteiger partial charge < -0.3 is 9.40 Å². The Morgan fingerprint density at radius 1 is 0.900 bits per heavy atom. The summed E-state index contributed by atoms with van der Waals surface area (Å²) in [5.41, 5.74) is 3.79. The van der Waals surface area contributed by atoms with Gasteiger partial charge in [0.2, 0.25) is 10.0 Å². The Morgan fingerprint density at radius 3 is 2.50 bits per heavy atom. The van der Waals surface area contributed by atoms with E-state index >= 15 is 0 Å². The Morgan fingerprint density at radius 2 is 1.67 bits per heavy atom. The molecule has 2 heterocycles. The lowest BCUT2D eigenvalue weighted by Gasteiger charge is -2.07. The lowest BCUT2D eigenvalue weighted by atomic mass is 10.1. The van der Waals surface area contributed by atoms with Crippen molar-refractivity contribution in [2.24, 2.45) is 0 Å². The third-order valence-electron chi connectivity index (χ3n) is 5.24. The van der Waals surface area contributed by atoms with Crippen LogP contribution in [0.4, 0.5) is 0 Å². The highest BCUT2D eigenvalue weighted by Crippen LogP contribution is 2.28. The van der Waals surface area contributed by atoms with Crippen LogP contribution in [-0.2, 0) is 16.4 Å². The first-order valence-corrected chi connectivity index (χ1v) is 11.2. The second-order valence-electron chi connectivity index (χ2n) is 7.18. The minimum atomic E-state index is -3.58. The standard InChI is InChI=1S/C24H20N2O3S/c27-30(28,26-14-13-19-16-25-22-7-3-2-6-21(19)22)20-11-9-17(10-12-20)24-15-18-5-1-4-8-23(18)29-24/h1-12,15-16,25-26H,13-14H2. The molecule has 0 unspecified atom stereocenters. The van der Waals surface area contributed by atoms with E-state index in [2.05, 4.69) is 9.71 Å². The van der Waals surface area contributed by atoms with Crippen LogP contribution in [0.5, 0.6) is 0 Å². The van der Waals surface area contributed by atoms with E-state index in [-0.39, 0.29) is 4.90 Å². The Labute approximate surface area is 174 Å². The normalized spacial score (nSPS) is 12.0. The number of para-hydroxylation sites is 2. The summed E-state index contributed by atoms with van der Waals surface area (Å²) in [5, 5.41) is 2.13. The van der Waals surface area contributed by atoms with Gasteiger partial charge in [-0.3, -0.25) is 0 Å². The molecule has 2 aromatic heterocycles. The van der Waals surface area contributed by atoms with Crippen LogP contribution in [0.3, 0.4) is 0 Å². The van der Waals surface area contributed by atoms with Gasteiger partial charge in [-0.25, -0.2) is 13.1 Å². The van der Waals surface area contributed by atoms with Gasteiger partial charge in [-0.2, -0.15) is 0 Å². The number of aromatic nitrogens is 1. The fraction of sp³-hybridized carbons (Fsp3) is 0.0833. The number of hydrogen-bond donors (Lipinski definition) is 2. The van der Waals surface area contributed by atoms with Crippen LogP contribution in [0, 0.1) is 0 Å². The molecule has 5 nitrogen and oxygen atoms in total. The summed E-state index contributed by atoms with van der Waals surface area (Å²) < 4.78 is 33.9. The summed E-state index contributed by atoms with van der Waals surface area (Å²) in [6, 6.07) is 24.5. The third kappa shape index (κ3) is 3.51. The van der Waals surface area contributed by atoms with E-state index in [9.17, 15) is 8.42 Å². The van der Waals surface area contributed by atoms with Crippen molar-refractivity contribution >= 4 is 31.9 Å². The Hall–Kier alpha value is -3.35. The van der Waals surface area contributed by atoms with Crippen LogP contribution in [0.25, 0.3) is 33.2 Å². The number of furan rings is 1. The van der Waals surface area contributed by atoms with Crippen molar-refractivity contribution in [3.8, 4) is 11.3 Å². The van der Waals surface area contributed by atoms with Crippen molar-refractivity contribution in [2.75, 3.05) is 6.54 Å². The predicted molar refractivity (Wildman–Crippen MR) is 119 cm³/mol. The average Bonchev–Trinajstić information content (AvgIpc) is 3.38. The van der Waals surface area contributed by atoms with Gasteiger partial charge in [-0.05, 0) is 54.4 Å². The molecule has 0 saturated carbocycles. The quantitative estimate of drug-likeness (QED) is 0.404. The molecule has 0 radical (unpaired) electrons. The van der Waals surface area contributed by atoms with Gasteiger partial charge in [-0.15, -0.1) is 0 Å². The van der Waals surface area contributed by atoms with Crippen molar-refractivity contribution < 1.29 is 12.8 Å². The van der Waals surface area contributed by atoms with Gasteiger partial charge in [0.05, 0.1) is 4.90 Å². The molecule has 0 aliphatic heterocycles. The minimum Gasteiger partial charge on any atom is -0.456 e. The first-order valence-electron chi connectivity index (χ1n) is 9.74. The van der Waals surface area contributed by atoms with E-state index in [1.807, 2.05) is 60.8 Å². The highest BCUT2D eigenvalue weighted by atomic mass is 32.2. The molecule has 0 aliphatic rings. The monoisotopic (exact) mass is 416 g/mol. The van der Waals surface area contributed by atoms with Gasteiger partial charge in [0, 0.05) is 34.6 Å². The maximum absolute atomic E-state index is 12.7. The highest BCUT2D eigenvalue weighted by Gasteiger charge is 2.15. The lowest BCUT2D eigenvalue weighted by Crippen LogP contribution is -2.25. The zero-order valence-corrected chi connectivity index (χ0v) is 16.9. The molecule has 0 bridgehead atoms. The number of hydrogen-bond acceptors (Lipinski definition) is 3. The molecule has 6 heteroatoms. The number of sulfonamides is 1. The molecule has 0 fully saturated rings. The molecule has 5 rings (SSSR count). The molecule has 0 aliphatic carbocycles. The molecular weight excluding hydrogens is 396 g/mol. The fourth-order valence-electron chi connectivity index (χ4n) is 3.66. The number of aromatic amines is 1. The van der Waals surface area contributed by atoms with Crippen LogP contribution >= 0.6 is 0 Å². The van der Waals surface area contributed by atoms with Crippen molar-refractivity contribution in [1.29, 1.82) is 0 Å². The van der Waals surface area contributed by atoms with E-state index in [0.717, 1.165) is 33.0 Å². The average molecular weight is 417 g/mol. The summed E-state index contributed by atoms with van der Waals surface area (Å²) in [6.07, 6.45) is 2.54. The van der Waals surface area contributed by atoms with Crippen LogP contribution in [0.2, 0.25) is 0 Å². The van der Waals surface area contributed by atoms with Crippen molar-refractivity contribution in [2.45, 2.75) is 11.3 Å². The topological polar surface area (TPSA) is 75.1 Å². The highest BCUT2D eigenvalue weighted by molar-refractivity contribution is 7.89. The molecule has 0 saturated heterocycles. The molecule has 0 amide bonds. The van der Waals surface area contributed by atoms with Gasteiger partial charge in [-0.1, -0.05) is 36.4 Å². The SMILES string of the molecule is O=S(=O)(NCCc1c[nH]c2ccccc12)c1ccc(-c2cc3ccccc3o2)cc1. The van der Waals surface area contributed by atoms with Crippen LogP contribution in [-0.4, -0.2) is 19.9 Å². The summed E-state index contributed by atoms with van der Waals surface area (Å²) in [4.78, 5) is 3.45. The number of benzene rings is 3. The van der Waals surface area contributed by atoms with E-state index in [1.165, 1.54) is 0 Å². The maximum Gasteiger partial charge on any atom is 0.240 e. The smallest absolute Gasteiger partial charge is 0.240 e. The third-order valence-corrected chi connectivity index (χ3v) is 6.71. The molecule has 150 valence electrons. The lowest BCUT2D eigenvalue weighted by molar-refractivity contribution is 0.581. The molecule has 0 atom stereocenters. The van der Waals surface area contributed by atoms with E-state index in [0.29, 0.717) is 18.7 Å². The Bertz CT molecular complexity index is 1400. The van der Waals surface area contributed by atoms with Crippen LogP contribution in [0.1, 0.15) is 5.56 Å². The van der Waals surface area contributed by atoms with Crippen molar-refractivity contribution in [3.63, 3.8) is 0 Å². The van der Waals surface area contributed by atoms with Gasteiger partial charge in [0.1, 0.15) is 11.3 Å². The molecule has 3 aromatic carbocycles. The summed E-state index contributed by atoms with van der Waals surface area (Å²) in [7, 11) is -3.58. The first kappa shape index (κ1) is 18.7. The zero-order valence-electron chi connectivity index (χ0n) is 16.1. The van der Waals surface area contributed by atoms with Gasteiger partial charge >= 0.3 is 0 Å². The van der Waals surface area contributed by atoms with E-state index < -0.39 is 10.0 Å². The number of fused-ring (bicyclic) bond motifs is 2. The van der Waals surface area contributed by atoms with Gasteiger partial charge in [0.15, 0.2) is 0 Å². The minimum absolute atomic E-state index is 0.237. The van der Waals surface area contributed by atoms with Gasteiger partial charge in [0.25, 0.3) is 0 Å². The van der Waals surface area contributed by atoms with E-state index in [1.54, 1.807) is 24.3 Å². The van der Waals surface area contributed by atoms with Crippen LogP contribution < -0.4 is 4.72 Å². The zero-order chi connectivity index (χ0) is 20.6. The molecular formula is C24H20N2O3S. The second-order valence-corrected chi connectivity index (χ2v) is 8.95. The fourth-order valence-corrected chi connectivity index (χ4v) is 4.70. The summed E-state index contributed by atoms with van der Waals surface area (Å²) in [6.45, 7) is 0.329. The van der Waals surface area contributed by atoms with E-state index in [4.69, 9.17) is 4.42 Å². The maximum atomic E-state index is 12.7. The summed E-state index contributed by atoms with van der Waals surface area (Å²) >= 11 is 0. The number of rotatable bonds is 6. The van der Waals surface area contributed by atoms with Crippen LogP contribution in [0.15, 0.2) is 94.4 Å². The molecule has 5 aromatic rings.